The third kappa shape index (κ3) is 4.61. The van der Waals surface area contributed by atoms with Crippen LogP contribution in [0.1, 0.15) is 22.3 Å². The van der Waals surface area contributed by atoms with Gasteiger partial charge in [-0.2, -0.15) is 0 Å². The second-order valence-corrected chi connectivity index (χ2v) is 6.52. The Labute approximate surface area is 158 Å². The Morgan fingerprint density at radius 3 is 2.30 bits per heavy atom. The lowest BCUT2D eigenvalue weighted by Gasteiger charge is -2.22. The van der Waals surface area contributed by atoms with Gasteiger partial charge in [0.1, 0.15) is 11.5 Å². The van der Waals surface area contributed by atoms with E-state index in [2.05, 4.69) is 4.98 Å². The normalized spacial score (nSPS) is 14.6. The Morgan fingerprint density at radius 2 is 1.67 bits per heavy atom. The highest BCUT2D eigenvalue weighted by Gasteiger charge is 2.23. The van der Waals surface area contributed by atoms with E-state index in [0.717, 1.165) is 12.0 Å². The first-order valence-corrected chi connectivity index (χ1v) is 9.02. The van der Waals surface area contributed by atoms with Crippen LogP contribution in [0.5, 0.6) is 11.5 Å². The van der Waals surface area contributed by atoms with E-state index in [1.165, 1.54) is 0 Å². The predicted molar refractivity (Wildman–Crippen MR) is 101 cm³/mol. The van der Waals surface area contributed by atoms with Crippen LogP contribution < -0.4 is 9.47 Å². The van der Waals surface area contributed by atoms with Gasteiger partial charge in [-0.25, -0.2) is 0 Å². The molecule has 2 aromatic rings. The highest BCUT2D eigenvalue weighted by Crippen LogP contribution is 2.24. The monoisotopic (exact) mass is 371 g/mol. The second-order valence-electron chi connectivity index (χ2n) is 6.52. The number of methoxy groups -OCH3 is 2. The van der Waals surface area contributed by atoms with Gasteiger partial charge in [-0.1, -0.05) is 0 Å². The summed E-state index contributed by atoms with van der Waals surface area (Å²) in [5.41, 5.74) is 1.50. The Balaban J connectivity index is 1.65. The number of benzene rings is 1. The summed E-state index contributed by atoms with van der Waals surface area (Å²) in [6.07, 6.45) is 4.78. The fraction of sp³-hybridized carbons (Fsp3) is 0.400. The fourth-order valence-electron chi connectivity index (χ4n) is 3.24. The van der Waals surface area contributed by atoms with Crippen molar-refractivity contribution in [3.05, 3.63) is 47.8 Å². The van der Waals surface area contributed by atoms with Crippen molar-refractivity contribution < 1.29 is 19.1 Å². The van der Waals surface area contributed by atoms with Crippen LogP contribution >= 0.6 is 0 Å². The number of aromatic amines is 1. The van der Waals surface area contributed by atoms with E-state index in [9.17, 15) is 9.59 Å². The largest absolute Gasteiger partial charge is 0.497 e. The number of carbonyl (C=O) groups excluding carboxylic acids is 2. The van der Waals surface area contributed by atoms with E-state index in [1.807, 2.05) is 23.4 Å². The van der Waals surface area contributed by atoms with Crippen LogP contribution in [0, 0.1) is 0 Å². The van der Waals surface area contributed by atoms with Crippen LogP contribution in [0.3, 0.4) is 0 Å². The molecule has 0 aliphatic carbocycles. The molecule has 27 heavy (non-hydrogen) atoms. The molecule has 0 bridgehead atoms. The van der Waals surface area contributed by atoms with Crippen molar-refractivity contribution in [1.29, 1.82) is 0 Å². The molecule has 1 saturated heterocycles. The summed E-state index contributed by atoms with van der Waals surface area (Å²) >= 11 is 0. The summed E-state index contributed by atoms with van der Waals surface area (Å²) in [6.45, 7) is 2.33. The molecule has 144 valence electrons. The zero-order chi connectivity index (χ0) is 19.2. The highest BCUT2D eigenvalue weighted by molar-refractivity contribution is 5.95. The average molecular weight is 371 g/mol. The van der Waals surface area contributed by atoms with Crippen molar-refractivity contribution >= 4 is 11.8 Å². The summed E-state index contributed by atoms with van der Waals surface area (Å²) in [5.74, 6) is 1.17. The number of H-pyrrole nitrogens is 1. The summed E-state index contributed by atoms with van der Waals surface area (Å²) in [6, 6.07) is 7.07. The number of carbonyl (C=O) groups is 2. The number of nitrogens with zero attached hydrogens (tertiary/aromatic N) is 2. The first-order chi connectivity index (χ1) is 13.1. The molecular formula is C20H25N3O4. The Bertz CT molecular complexity index is 766. The molecule has 0 unspecified atom stereocenters. The zero-order valence-corrected chi connectivity index (χ0v) is 15.7. The third-order valence-electron chi connectivity index (χ3n) is 4.75. The van der Waals surface area contributed by atoms with Gasteiger partial charge in [0.05, 0.1) is 20.6 Å². The van der Waals surface area contributed by atoms with Crippen LogP contribution in [0.2, 0.25) is 0 Å². The number of nitrogens with one attached hydrogen (secondary N) is 1. The molecule has 3 rings (SSSR count). The summed E-state index contributed by atoms with van der Waals surface area (Å²) in [5, 5.41) is 0. The summed E-state index contributed by atoms with van der Waals surface area (Å²) < 4.78 is 10.5. The lowest BCUT2D eigenvalue weighted by Crippen LogP contribution is -2.38. The molecule has 1 aliphatic heterocycles. The average Bonchev–Trinajstić information content (AvgIpc) is 3.08. The number of rotatable bonds is 5. The quantitative estimate of drug-likeness (QED) is 0.872. The Kier molecular flexibility index (Phi) is 6.01. The molecule has 0 atom stereocenters. The highest BCUT2D eigenvalue weighted by atomic mass is 16.5. The van der Waals surface area contributed by atoms with Crippen LogP contribution in [0.25, 0.3) is 0 Å². The molecule has 2 amide bonds. The van der Waals surface area contributed by atoms with Crippen molar-refractivity contribution in [2.24, 2.45) is 0 Å². The number of amides is 2. The van der Waals surface area contributed by atoms with Crippen molar-refractivity contribution in [3.63, 3.8) is 0 Å². The van der Waals surface area contributed by atoms with Crippen molar-refractivity contribution in [2.75, 3.05) is 40.4 Å². The fourth-order valence-corrected chi connectivity index (χ4v) is 3.24. The van der Waals surface area contributed by atoms with Gasteiger partial charge >= 0.3 is 0 Å². The van der Waals surface area contributed by atoms with Gasteiger partial charge in [-0.05, 0) is 30.2 Å². The van der Waals surface area contributed by atoms with E-state index in [1.54, 1.807) is 37.3 Å². The third-order valence-corrected chi connectivity index (χ3v) is 4.75. The molecule has 0 saturated carbocycles. The number of hydrogen-bond donors (Lipinski definition) is 1. The molecule has 1 aromatic carbocycles. The van der Waals surface area contributed by atoms with Gasteiger partial charge in [0, 0.05) is 50.2 Å². The van der Waals surface area contributed by atoms with Gasteiger partial charge in [0.2, 0.25) is 5.91 Å². The van der Waals surface area contributed by atoms with Crippen LogP contribution in [-0.4, -0.2) is 67.0 Å². The molecule has 1 aromatic heterocycles. The van der Waals surface area contributed by atoms with Crippen molar-refractivity contribution in [3.8, 4) is 11.5 Å². The SMILES string of the molecule is COc1cc(OC)cc(C(=O)N2CCCN(C(=O)Cc3cc[nH]c3)CC2)c1. The number of ether oxygens (including phenoxy) is 2. The summed E-state index contributed by atoms with van der Waals surface area (Å²) in [7, 11) is 3.12. The molecule has 0 radical (unpaired) electrons. The standard InChI is InChI=1S/C20H25N3O4/c1-26-17-11-16(12-18(13-17)27-2)20(25)23-7-3-6-22(8-9-23)19(24)10-15-4-5-21-14-15/h4-5,11-14,21H,3,6-10H2,1-2H3. The minimum absolute atomic E-state index is 0.0767. The van der Waals surface area contributed by atoms with E-state index in [0.29, 0.717) is 49.7 Å². The molecule has 7 heteroatoms. The lowest BCUT2D eigenvalue weighted by atomic mass is 10.1. The van der Waals surface area contributed by atoms with Gasteiger partial charge in [0.15, 0.2) is 0 Å². The van der Waals surface area contributed by atoms with Crippen LogP contribution in [-0.2, 0) is 11.2 Å². The molecule has 7 nitrogen and oxygen atoms in total. The van der Waals surface area contributed by atoms with Gasteiger partial charge in [-0.15, -0.1) is 0 Å². The van der Waals surface area contributed by atoms with Gasteiger partial charge < -0.3 is 24.3 Å². The molecule has 2 heterocycles. The molecule has 0 spiro atoms. The minimum Gasteiger partial charge on any atom is -0.497 e. The van der Waals surface area contributed by atoms with E-state index in [-0.39, 0.29) is 11.8 Å². The zero-order valence-electron chi connectivity index (χ0n) is 15.7. The van der Waals surface area contributed by atoms with E-state index in [4.69, 9.17) is 9.47 Å². The Morgan fingerprint density at radius 1 is 1.00 bits per heavy atom. The first-order valence-electron chi connectivity index (χ1n) is 9.02. The predicted octanol–water partition coefficient (Wildman–Crippen LogP) is 1.95. The maximum atomic E-state index is 12.9. The van der Waals surface area contributed by atoms with Crippen LogP contribution in [0.15, 0.2) is 36.7 Å². The number of aromatic nitrogens is 1. The van der Waals surface area contributed by atoms with Gasteiger partial charge in [-0.3, -0.25) is 9.59 Å². The maximum Gasteiger partial charge on any atom is 0.254 e. The number of hydrogen-bond acceptors (Lipinski definition) is 4. The second kappa shape index (κ2) is 8.62. The van der Waals surface area contributed by atoms with Crippen LogP contribution in [0.4, 0.5) is 0 Å². The first kappa shape index (κ1) is 18.8. The Hall–Kier alpha value is -2.96. The van der Waals surface area contributed by atoms with E-state index >= 15 is 0 Å². The van der Waals surface area contributed by atoms with Gasteiger partial charge in [0.25, 0.3) is 5.91 Å². The maximum absolute atomic E-state index is 12.9. The van der Waals surface area contributed by atoms with E-state index < -0.39 is 0 Å². The minimum atomic E-state index is -0.0767. The molecular weight excluding hydrogens is 346 g/mol. The molecule has 1 N–H and O–H groups in total. The summed E-state index contributed by atoms with van der Waals surface area (Å²) in [4.78, 5) is 32.0. The van der Waals surface area contributed by atoms with Crippen molar-refractivity contribution in [1.82, 2.24) is 14.8 Å². The smallest absolute Gasteiger partial charge is 0.254 e. The molecule has 1 fully saturated rings. The topological polar surface area (TPSA) is 74.9 Å². The lowest BCUT2D eigenvalue weighted by molar-refractivity contribution is -0.130. The molecule has 1 aliphatic rings. The van der Waals surface area contributed by atoms with Crippen molar-refractivity contribution in [2.45, 2.75) is 12.8 Å².